The third kappa shape index (κ3) is 4.93. The highest BCUT2D eigenvalue weighted by molar-refractivity contribution is 4.90. The number of hydrogen-bond acceptors (Lipinski definition) is 4. The second-order valence-electron chi connectivity index (χ2n) is 6.18. The fourth-order valence-electron chi connectivity index (χ4n) is 2.39. The molecule has 0 aromatic rings. The van der Waals surface area contributed by atoms with Gasteiger partial charge in [0.1, 0.15) is 0 Å². The number of nitrogens with two attached hydrogens (primary N) is 3. The van der Waals surface area contributed by atoms with Gasteiger partial charge in [0.05, 0.1) is 12.3 Å². The lowest BCUT2D eigenvalue weighted by Gasteiger charge is -2.49. The molecule has 0 aliphatic heterocycles. The minimum atomic E-state index is -0.354. The largest absolute Gasteiger partial charge is 0.316 e. The van der Waals surface area contributed by atoms with Crippen LogP contribution in [0.2, 0.25) is 0 Å². The molecule has 4 nitrogen and oxygen atoms in total. The summed E-state index contributed by atoms with van der Waals surface area (Å²) in [6.45, 7) is 12.9. The van der Waals surface area contributed by atoms with E-state index in [4.69, 9.17) is 17.2 Å². The van der Waals surface area contributed by atoms with Crippen molar-refractivity contribution in [2.24, 2.45) is 17.2 Å². The average molecular weight is 216 g/mol. The zero-order valence-electron chi connectivity index (χ0n) is 11.0. The van der Waals surface area contributed by atoms with Gasteiger partial charge in [0.15, 0.2) is 0 Å². The normalized spacial score (nSPS) is 16.2. The third-order valence-corrected chi connectivity index (χ3v) is 2.29. The number of nitrogens with zero attached hydrogens (tertiary/aromatic N) is 1. The summed E-state index contributed by atoms with van der Waals surface area (Å²) >= 11 is 0. The zero-order chi connectivity index (χ0) is 12.4. The minimum absolute atomic E-state index is 0.00650. The van der Waals surface area contributed by atoms with E-state index in [1.165, 1.54) is 0 Å². The SMILES string of the molecule is CC(C)(C)N(C(N)CC(N)N)C(C)(C)C. The van der Waals surface area contributed by atoms with Crippen molar-refractivity contribution in [3.63, 3.8) is 0 Å². The molecule has 0 radical (unpaired) electrons. The van der Waals surface area contributed by atoms with Gasteiger partial charge in [0.2, 0.25) is 0 Å². The highest BCUT2D eigenvalue weighted by Gasteiger charge is 2.35. The van der Waals surface area contributed by atoms with E-state index in [0.717, 1.165) is 0 Å². The monoisotopic (exact) mass is 216 g/mol. The summed E-state index contributed by atoms with van der Waals surface area (Å²) in [6.07, 6.45) is 0.145. The van der Waals surface area contributed by atoms with Gasteiger partial charge < -0.3 is 17.2 Å². The third-order valence-electron chi connectivity index (χ3n) is 2.29. The van der Waals surface area contributed by atoms with Gasteiger partial charge >= 0.3 is 0 Å². The van der Waals surface area contributed by atoms with E-state index < -0.39 is 0 Å². The quantitative estimate of drug-likeness (QED) is 0.610. The molecule has 15 heavy (non-hydrogen) atoms. The molecule has 1 unspecified atom stereocenters. The summed E-state index contributed by atoms with van der Waals surface area (Å²) in [7, 11) is 0. The summed E-state index contributed by atoms with van der Waals surface area (Å²) in [5, 5.41) is 0. The van der Waals surface area contributed by atoms with Crippen molar-refractivity contribution < 1.29 is 0 Å². The van der Waals surface area contributed by atoms with Gasteiger partial charge in [-0.15, -0.1) is 0 Å². The Morgan fingerprint density at radius 3 is 1.40 bits per heavy atom. The molecule has 1 atom stereocenters. The van der Waals surface area contributed by atoms with Crippen LogP contribution in [0.5, 0.6) is 0 Å². The molecule has 0 saturated carbocycles. The molecule has 0 bridgehead atoms. The van der Waals surface area contributed by atoms with Crippen LogP contribution in [0.3, 0.4) is 0 Å². The maximum Gasteiger partial charge on any atom is 0.0608 e. The molecule has 0 saturated heterocycles. The van der Waals surface area contributed by atoms with Gasteiger partial charge in [-0.25, -0.2) is 0 Å². The van der Waals surface area contributed by atoms with Crippen LogP contribution in [0.4, 0.5) is 0 Å². The standard InChI is InChI=1S/C11H28N4/c1-10(2,3)15(11(4,5)6)9(14)7-8(12)13/h8-9H,7,12-14H2,1-6H3. The van der Waals surface area contributed by atoms with Crippen LogP contribution in [0.1, 0.15) is 48.0 Å². The van der Waals surface area contributed by atoms with E-state index in [2.05, 4.69) is 46.4 Å². The molecule has 0 amide bonds. The second-order valence-corrected chi connectivity index (χ2v) is 6.18. The van der Waals surface area contributed by atoms with E-state index in [-0.39, 0.29) is 23.4 Å². The molecule has 0 heterocycles. The second kappa shape index (κ2) is 4.78. The van der Waals surface area contributed by atoms with Gasteiger partial charge in [-0.05, 0) is 41.5 Å². The molecule has 4 heteroatoms. The number of rotatable bonds is 3. The highest BCUT2D eigenvalue weighted by Crippen LogP contribution is 2.26. The lowest BCUT2D eigenvalue weighted by Crippen LogP contribution is -2.62. The Labute approximate surface area is 94.2 Å². The first-order valence-corrected chi connectivity index (χ1v) is 5.52. The van der Waals surface area contributed by atoms with Crippen LogP contribution in [-0.2, 0) is 0 Å². The van der Waals surface area contributed by atoms with Crippen molar-refractivity contribution in [2.45, 2.75) is 71.4 Å². The van der Waals surface area contributed by atoms with Gasteiger partial charge in [-0.3, -0.25) is 4.90 Å². The first-order valence-electron chi connectivity index (χ1n) is 5.52. The van der Waals surface area contributed by atoms with E-state index in [9.17, 15) is 0 Å². The first-order chi connectivity index (χ1) is 6.46. The maximum atomic E-state index is 6.16. The predicted octanol–water partition coefficient (Wildman–Crippen LogP) is 0.804. The summed E-state index contributed by atoms with van der Waals surface area (Å²) in [4.78, 5) is 2.26. The van der Waals surface area contributed by atoms with Crippen LogP contribution in [0.25, 0.3) is 0 Å². The van der Waals surface area contributed by atoms with Crippen molar-refractivity contribution in [3.8, 4) is 0 Å². The molecular formula is C11H28N4. The predicted molar refractivity (Wildman–Crippen MR) is 66.1 cm³/mol. The molecule has 0 spiro atoms. The number of hydrogen-bond donors (Lipinski definition) is 3. The Kier molecular flexibility index (Phi) is 4.73. The van der Waals surface area contributed by atoms with Crippen LogP contribution in [0.15, 0.2) is 0 Å². The van der Waals surface area contributed by atoms with Crippen molar-refractivity contribution >= 4 is 0 Å². The van der Waals surface area contributed by atoms with Gasteiger partial charge in [0.25, 0.3) is 0 Å². The average Bonchev–Trinajstić information content (AvgIpc) is 1.74. The summed E-state index contributed by atoms with van der Waals surface area (Å²) in [5.74, 6) is 0. The van der Waals surface area contributed by atoms with Gasteiger partial charge in [0, 0.05) is 17.5 Å². The fraction of sp³-hybridized carbons (Fsp3) is 1.00. The summed E-state index contributed by atoms with van der Waals surface area (Å²) < 4.78 is 0. The van der Waals surface area contributed by atoms with Crippen LogP contribution in [0, 0.1) is 0 Å². The zero-order valence-corrected chi connectivity index (χ0v) is 11.0. The van der Waals surface area contributed by atoms with Crippen molar-refractivity contribution in [3.05, 3.63) is 0 Å². The van der Waals surface area contributed by atoms with Crippen molar-refractivity contribution in [2.75, 3.05) is 0 Å². The van der Waals surface area contributed by atoms with E-state index >= 15 is 0 Å². The van der Waals surface area contributed by atoms with E-state index in [0.29, 0.717) is 6.42 Å². The van der Waals surface area contributed by atoms with Gasteiger partial charge in [-0.2, -0.15) is 0 Å². The van der Waals surface area contributed by atoms with E-state index in [1.54, 1.807) is 0 Å². The molecule has 0 aliphatic carbocycles. The topological polar surface area (TPSA) is 81.3 Å². The molecule has 0 rings (SSSR count). The Morgan fingerprint density at radius 1 is 0.867 bits per heavy atom. The lowest BCUT2D eigenvalue weighted by atomic mass is 9.94. The summed E-state index contributed by atoms with van der Waals surface area (Å²) in [5.41, 5.74) is 17.3. The molecule has 0 fully saturated rings. The minimum Gasteiger partial charge on any atom is -0.316 e. The molecule has 0 aromatic carbocycles. The van der Waals surface area contributed by atoms with Crippen LogP contribution in [-0.4, -0.2) is 28.3 Å². The smallest absolute Gasteiger partial charge is 0.0608 e. The Hall–Kier alpha value is -0.160. The van der Waals surface area contributed by atoms with Crippen molar-refractivity contribution in [1.82, 2.24) is 4.90 Å². The first kappa shape index (κ1) is 14.8. The molecule has 92 valence electrons. The van der Waals surface area contributed by atoms with Crippen molar-refractivity contribution in [1.29, 1.82) is 0 Å². The Balaban J connectivity index is 4.81. The molecule has 6 N–H and O–H groups in total. The summed E-state index contributed by atoms with van der Waals surface area (Å²) in [6, 6.07) is 0. The maximum absolute atomic E-state index is 6.16. The van der Waals surface area contributed by atoms with Gasteiger partial charge in [-0.1, -0.05) is 0 Å². The lowest BCUT2D eigenvalue weighted by molar-refractivity contribution is -0.00842. The molecular weight excluding hydrogens is 188 g/mol. The van der Waals surface area contributed by atoms with E-state index in [1.807, 2.05) is 0 Å². The Bertz CT molecular complexity index is 174. The van der Waals surface area contributed by atoms with Crippen LogP contribution >= 0.6 is 0 Å². The highest BCUT2D eigenvalue weighted by atomic mass is 15.3. The molecule has 0 aromatic heterocycles. The fourth-order valence-corrected chi connectivity index (χ4v) is 2.39. The van der Waals surface area contributed by atoms with Crippen LogP contribution < -0.4 is 17.2 Å². The Morgan fingerprint density at radius 2 is 1.20 bits per heavy atom. The molecule has 0 aliphatic rings.